The standard InChI is InChI=1S/C20H20N2O2/c1-2-3-6-12-22-20(23)16-10-7-11-19(13-16)24-15-18-9-5-4-8-17(18)14-21/h2-5,7-11,13H,6,12,15H2,1H3,(H,22,23)/b3-2+. The van der Waals surface area contributed by atoms with Crippen LogP contribution in [0.5, 0.6) is 5.75 Å². The van der Waals surface area contributed by atoms with Crippen molar-refractivity contribution in [1.29, 1.82) is 5.26 Å². The van der Waals surface area contributed by atoms with Crippen LogP contribution in [0.4, 0.5) is 0 Å². The lowest BCUT2D eigenvalue weighted by Crippen LogP contribution is -2.24. The molecule has 0 aliphatic rings. The maximum absolute atomic E-state index is 12.1. The summed E-state index contributed by atoms with van der Waals surface area (Å²) in [6.07, 6.45) is 4.77. The van der Waals surface area contributed by atoms with Gasteiger partial charge in [-0.15, -0.1) is 0 Å². The van der Waals surface area contributed by atoms with Crippen LogP contribution in [0.2, 0.25) is 0 Å². The molecule has 0 atom stereocenters. The molecule has 0 saturated heterocycles. The van der Waals surface area contributed by atoms with E-state index in [1.165, 1.54) is 0 Å². The highest BCUT2D eigenvalue weighted by Gasteiger charge is 2.07. The van der Waals surface area contributed by atoms with Gasteiger partial charge in [0, 0.05) is 17.7 Å². The van der Waals surface area contributed by atoms with Crippen molar-refractivity contribution in [3.63, 3.8) is 0 Å². The summed E-state index contributed by atoms with van der Waals surface area (Å²) in [4.78, 5) is 12.1. The van der Waals surface area contributed by atoms with Gasteiger partial charge in [0.1, 0.15) is 12.4 Å². The van der Waals surface area contributed by atoms with Gasteiger partial charge in [0.25, 0.3) is 5.91 Å². The predicted molar refractivity (Wildman–Crippen MR) is 93.7 cm³/mol. The Morgan fingerprint density at radius 1 is 1.25 bits per heavy atom. The highest BCUT2D eigenvalue weighted by atomic mass is 16.5. The first-order valence-corrected chi connectivity index (χ1v) is 7.85. The molecule has 0 bridgehead atoms. The summed E-state index contributed by atoms with van der Waals surface area (Å²) in [5, 5.41) is 12.0. The van der Waals surface area contributed by atoms with E-state index in [0.717, 1.165) is 12.0 Å². The first-order valence-electron chi connectivity index (χ1n) is 7.85. The molecule has 122 valence electrons. The minimum atomic E-state index is -0.123. The van der Waals surface area contributed by atoms with E-state index >= 15 is 0 Å². The Morgan fingerprint density at radius 2 is 2.08 bits per heavy atom. The second-order valence-electron chi connectivity index (χ2n) is 5.20. The monoisotopic (exact) mass is 320 g/mol. The van der Waals surface area contributed by atoms with Crippen LogP contribution in [0.25, 0.3) is 0 Å². The van der Waals surface area contributed by atoms with Gasteiger partial charge in [-0.2, -0.15) is 5.26 Å². The topological polar surface area (TPSA) is 62.1 Å². The fraction of sp³-hybridized carbons (Fsp3) is 0.200. The minimum Gasteiger partial charge on any atom is -0.489 e. The van der Waals surface area contributed by atoms with Crippen molar-refractivity contribution >= 4 is 5.91 Å². The summed E-state index contributed by atoms with van der Waals surface area (Å²) in [5.74, 6) is 0.478. The third-order valence-corrected chi connectivity index (χ3v) is 3.46. The molecular weight excluding hydrogens is 300 g/mol. The van der Waals surface area contributed by atoms with Gasteiger partial charge < -0.3 is 10.1 Å². The van der Waals surface area contributed by atoms with E-state index in [2.05, 4.69) is 11.4 Å². The molecular formula is C20H20N2O2. The van der Waals surface area contributed by atoms with Gasteiger partial charge >= 0.3 is 0 Å². The Kier molecular flexibility index (Phi) is 6.60. The molecule has 2 rings (SSSR count). The molecule has 2 aromatic rings. The lowest BCUT2D eigenvalue weighted by atomic mass is 10.1. The summed E-state index contributed by atoms with van der Waals surface area (Å²) in [5.41, 5.74) is 1.97. The summed E-state index contributed by atoms with van der Waals surface area (Å²) >= 11 is 0. The Labute approximate surface area is 142 Å². The number of nitriles is 1. The Balaban J connectivity index is 1.97. The summed E-state index contributed by atoms with van der Waals surface area (Å²) < 4.78 is 5.73. The van der Waals surface area contributed by atoms with E-state index in [0.29, 0.717) is 23.4 Å². The van der Waals surface area contributed by atoms with Gasteiger partial charge in [0.05, 0.1) is 11.6 Å². The van der Waals surface area contributed by atoms with Crippen molar-refractivity contribution in [2.24, 2.45) is 0 Å². The van der Waals surface area contributed by atoms with Gasteiger partial charge in [-0.3, -0.25) is 4.79 Å². The number of benzene rings is 2. The van der Waals surface area contributed by atoms with Crippen LogP contribution < -0.4 is 10.1 Å². The van der Waals surface area contributed by atoms with Gasteiger partial charge in [0.15, 0.2) is 0 Å². The molecule has 4 nitrogen and oxygen atoms in total. The molecule has 0 unspecified atom stereocenters. The smallest absolute Gasteiger partial charge is 0.251 e. The number of nitrogens with one attached hydrogen (secondary N) is 1. The number of nitrogens with zero attached hydrogens (tertiary/aromatic N) is 1. The van der Waals surface area contributed by atoms with E-state index in [-0.39, 0.29) is 12.5 Å². The Bertz CT molecular complexity index is 760. The number of ether oxygens (including phenoxy) is 1. The second kappa shape index (κ2) is 9.16. The zero-order chi connectivity index (χ0) is 17.2. The van der Waals surface area contributed by atoms with E-state index in [4.69, 9.17) is 10.00 Å². The Hall–Kier alpha value is -3.06. The van der Waals surface area contributed by atoms with Crippen LogP contribution in [0.1, 0.15) is 34.8 Å². The molecule has 1 amide bonds. The highest BCUT2D eigenvalue weighted by Crippen LogP contribution is 2.16. The van der Waals surface area contributed by atoms with Crippen LogP contribution in [-0.2, 0) is 6.61 Å². The third-order valence-electron chi connectivity index (χ3n) is 3.46. The second-order valence-corrected chi connectivity index (χ2v) is 5.20. The molecule has 0 radical (unpaired) electrons. The molecule has 4 heteroatoms. The number of allylic oxidation sites excluding steroid dienone is 1. The number of hydrogen-bond donors (Lipinski definition) is 1. The summed E-state index contributed by atoms with van der Waals surface area (Å²) in [7, 11) is 0. The van der Waals surface area contributed by atoms with Gasteiger partial charge in [0.2, 0.25) is 0 Å². The van der Waals surface area contributed by atoms with Crippen molar-refractivity contribution < 1.29 is 9.53 Å². The molecule has 0 heterocycles. The summed E-state index contributed by atoms with van der Waals surface area (Å²) in [6, 6.07) is 16.5. The zero-order valence-corrected chi connectivity index (χ0v) is 13.7. The van der Waals surface area contributed by atoms with Gasteiger partial charge in [-0.1, -0.05) is 36.4 Å². The van der Waals surface area contributed by atoms with Gasteiger partial charge in [-0.05, 0) is 37.6 Å². The molecule has 0 aliphatic heterocycles. The largest absolute Gasteiger partial charge is 0.489 e. The molecule has 0 aliphatic carbocycles. The predicted octanol–water partition coefficient (Wildman–Crippen LogP) is 3.83. The highest BCUT2D eigenvalue weighted by molar-refractivity contribution is 5.94. The quantitative estimate of drug-likeness (QED) is 0.623. The molecule has 0 fully saturated rings. The first-order chi connectivity index (χ1) is 11.7. The van der Waals surface area contributed by atoms with Crippen LogP contribution in [-0.4, -0.2) is 12.5 Å². The average molecular weight is 320 g/mol. The van der Waals surface area contributed by atoms with Gasteiger partial charge in [-0.25, -0.2) is 0 Å². The van der Waals surface area contributed by atoms with E-state index in [1.807, 2.05) is 37.3 Å². The molecule has 0 aromatic heterocycles. The van der Waals surface area contributed by atoms with Crippen LogP contribution in [0.15, 0.2) is 60.7 Å². The third kappa shape index (κ3) is 4.99. The number of carbonyl (C=O) groups excluding carboxylic acids is 1. The maximum atomic E-state index is 12.1. The fourth-order valence-electron chi connectivity index (χ4n) is 2.18. The van der Waals surface area contributed by atoms with E-state index < -0.39 is 0 Å². The van der Waals surface area contributed by atoms with Crippen molar-refractivity contribution in [2.75, 3.05) is 6.54 Å². The van der Waals surface area contributed by atoms with Crippen LogP contribution in [0.3, 0.4) is 0 Å². The lowest BCUT2D eigenvalue weighted by Gasteiger charge is -2.09. The van der Waals surface area contributed by atoms with Crippen LogP contribution in [0, 0.1) is 11.3 Å². The molecule has 2 aromatic carbocycles. The van der Waals surface area contributed by atoms with Crippen molar-refractivity contribution in [3.05, 3.63) is 77.4 Å². The number of hydrogen-bond acceptors (Lipinski definition) is 3. The average Bonchev–Trinajstić information content (AvgIpc) is 2.64. The molecule has 1 N–H and O–H groups in total. The van der Waals surface area contributed by atoms with Crippen molar-refractivity contribution in [3.8, 4) is 11.8 Å². The molecule has 24 heavy (non-hydrogen) atoms. The Morgan fingerprint density at radius 3 is 2.88 bits per heavy atom. The zero-order valence-electron chi connectivity index (χ0n) is 13.7. The summed E-state index contributed by atoms with van der Waals surface area (Å²) in [6.45, 7) is 2.84. The first kappa shape index (κ1) is 17.3. The van der Waals surface area contributed by atoms with E-state index in [1.54, 1.807) is 30.3 Å². The van der Waals surface area contributed by atoms with Crippen molar-refractivity contribution in [2.45, 2.75) is 20.0 Å². The number of rotatable bonds is 7. The minimum absolute atomic E-state index is 0.123. The van der Waals surface area contributed by atoms with Crippen molar-refractivity contribution in [1.82, 2.24) is 5.32 Å². The molecule has 0 spiro atoms. The fourth-order valence-corrected chi connectivity index (χ4v) is 2.18. The molecule has 0 saturated carbocycles. The SMILES string of the molecule is C/C=C/CCNC(=O)c1cccc(OCc2ccccc2C#N)c1. The number of amides is 1. The lowest BCUT2D eigenvalue weighted by molar-refractivity contribution is 0.0954. The maximum Gasteiger partial charge on any atom is 0.251 e. The normalized spacial score (nSPS) is 10.3. The van der Waals surface area contributed by atoms with Crippen LogP contribution >= 0.6 is 0 Å². The van der Waals surface area contributed by atoms with E-state index in [9.17, 15) is 4.79 Å². The number of carbonyl (C=O) groups is 1.